The molecule has 1 saturated carbocycles. The molecule has 0 aromatic carbocycles. The van der Waals surface area contributed by atoms with Crippen molar-refractivity contribution in [2.75, 3.05) is 47.5 Å². The average Bonchev–Trinajstić information content (AvgIpc) is 2.86. The van der Waals surface area contributed by atoms with Crippen LogP contribution in [0.25, 0.3) is 10.9 Å². The van der Waals surface area contributed by atoms with E-state index >= 15 is 0 Å². The van der Waals surface area contributed by atoms with Crippen molar-refractivity contribution in [3.63, 3.8) is 0 Å². The van der Waals surface area contributed by atoms with Crippen LogP contribution in [0, 0.1) is 5.82 Å². The summed E-state index contributed by atoms with van der Waals surface area (Å²) in [5, 5.41) is 3.83. The minimum atomic E-state index is -3.46. The number of halogens is 1. The number of hydrogen-bond donors (Lipinski definition) is 2. The van der Waals surface area contributed by atoms with E-state index in [2.05, 4.69) is 24.9 Å². The molecule has 0 atom stereocenters. The lowest BCUT2D eigenvalue weighted by molar-refractivity contribution is 0.122. The Labute approximate surface area is 209 Å². The van der Waals surface area contributed by atoms with Crippen LogP contribution < -0.4 is 19.7 Å². The number of rotatable bonds is 7. The second kappa shape index (κ2) is 10.4. The van der Waals surface area contributed by atoms with E-state index in [0.717, 1.165) is 37.8 Å². The van der Waals surface area contributed by atoms with Crippen LogP contribution in [0.1, 0.15) is 25.7 Å². The van der Waals surface area contributed by atoms with E-state index in [1.54, 1.807) is 18.3 Å². The number of fused-ring (bicyclic) bond motifs is 1. The van der Waals surface area contributed by atoms with Crippen molar-refractivity contribution < 1.29 is 22.3 Å². The molecule has 3 aromatic heterocycles. The Morgan fingerprint density at radius 1 is 1.14 bits per heavy atom. The van der Waals surface area contributed by atoms with Gasteiger partial charge in [0.1, 0.15) is 11.9 Å². The quantitative estimate of drug-likeness (QED) is 0.488. The highest BCUT2D eigenvalue weighted by molar-refractivity contribution is 7.92. The third kappa shape index (κ3) is 5.93. The zero-order valence-electron chi connectivity index (χ0n) is 20.0. The van der Waals surface area contributed by atoms with E-state index in [1.165, 1.54) is 12.3 Å². The van der Waals surface area contributed by atoms with Crippen molar-refractivity contribution in [3.05, 3.63) is 42.5 Å². The monoisotopic (exact) mass is 516 g/mol. The molecule has 192 valence electrons. The molecule has 0 spiro atoms. The standard InChI is InChI=1S/C24H29FN6O4S/c1-36(32,33)30-17-13-19-21(27-15-17)14-22(31-9-11-34-12-10-31)29-24(19)35-18-6-4-16(5-7-18)28-23-20(25)3-2-8-26-23/h2-3,8,13-16,18,30H,4-7,9-12H2,1H3,(H,26,28). The van der Waals surface area contributed by atoms with Crippen LogP contribution in [-0.2, 0) is 14.8 Å². The molecule has 5 rings (SSSR count). The zero-order valence-corrected chi connectivity index (χ0v) is 20.8. The summed E-state index contributed by atoms with van der Waals surface area (Å²) in [7, 11) is -3.46. The van der Waals surface area contributed by atoms with Crippen LogP contribution in [0.3, 0.4) is 0 Å². The highest BCUT2D eigenvalue weighted by atomic mass is 32.2. The maximum atomic E-state index is 14.0. The Morgan fingerprint density at radius 3 is 2.64 bits per heavy atom. The van der Waals surface area contributed by atoms with Gasteiger partial charge < -0.3 is 19.7 Å². The topological polar surface area (TPSA) is 119 Å². The van der Waals surface area contributed by atoms with Gasteiger partial charge in [-0.1, -0.05) is 0 Å². The smallest absolute Gasteiger partial charge is 0.229 e. The minimum absolute atomic E-state index is 0.0845. The van der Waals surface area contributed by atoms with Gasteiger partial charge in [-0.2, -0.15) is 4.98 Å². The van der Waals surface area contributed by atoms with Crippen molar-refractivity contribution >= 4 is 38.2 Å². The summed E-state index contributed by atoms with van der Waals surface area (Å²) < 4.78 is 51.8. The maximum Gasteiger partial charge on any atom is 0.229 e. The summed E-state index contributed by atoms with van der Waals surface area (Å²) in [5.41, 5.74) is 1.02. The van der Waals surface area contributed by atoms with Crippen LogP contribution in [0.5, 0.6) is 5.88 Å². The fourth-order valence-corrected chi connectivity index (χ4v) is 5.10. The first-order chi connectivity index (χ1) is 17.3. The van der Waals surface area contributed by atoms with E-state index < -0.39 is 10.0 Å². The predicted molar refractivity (Wildman–Crippen MR) is 136 cm³/mol. The molecule has 0 radical (unpaired) electrons. The fraction of sp³-hybridized carbons (Fsp3) is 0.458. The second-order valence-electron chi connectivity index (χ2n) is 9.12. The largest absolute Gasteiger partial charge is 0.474 e. The van der Waals surface area contributed by atoms with Crippen molar-refractivity contribution in [3.8, 4) is 5.88 Å². The molecule has 0 unspecified atom stereocenters. The number of anilines is 3. The number of pyridine rings is 3. The molecule has 1 aliphatic carbocycles. The summed E-state index contributed by atoms with van der Waals surface area (Å²) >= 11 is 0. The van der Waals surface area contributed by atoms with Gasteiger partial charge >= 0.3 is 0 Å². The molecule has 0 amide bonds. The minimum Gasteiger partial charge on any atom is -0.474 e. The Kier molecular flexibility index (Phi) is 7.06. The van der Waals surface area contributed by atoms with Crippen LogP contribution >= 0.6 is 0 Å². The van der Waals surface area contributed by atoms with Gasteiger partial charge in [0.15, 0.2) is 11.6 Å². The first-order valence-corrected chi connectivity index (χ1v) is 13.9. The lowest BCUT2D eigenvalue weighted by atomic mass is 9.93. The molecule has 1 saturated heterocycles. The van der Waals surface area contributed by atoms with Crippen LogP contribution in [0.2, 0.25) is 0 Å². The van der Waals surface area contributed by atoms with Gasteiger partial charge in [0.05, 0.1) is 42.3 Å². The highest BCUT2D eigenvalue weighted by Crippen LogP contribution is 2.33. The third-order valence-electron chi connectivity index (χ3n) is 6.32. The Morgan fingerprint density at radius 2 is 1.92 bits per heavy atom. The SMILES string of the molecule is CS(=O)(=O)Nc1cnc2cc(N3CCOCC3)nc(OC3CCC(Nc4ncccc4F)CC3)c2c1. The molecular formula is C24H29FN6O4S. The first kappa shape index (κ1) is 24.4. The molecule has 36 heavy (non-hydrogen) atoms. The van der Waals surface area contributed by atoms with Crippen molar-refractivity contribution in [1.82, 2.24) is 15.0 Å². The molecule has 12 heteroatoms. The highest BCUT2D eigenvalue weighted by Gasteiger charge is 2.25. The van der Waals surface area contributed by atoms with Gasteiger partial charge in [-0.15, -0.1) is 0 Å². The number of nitrogens with zero attached hydrogens (tertiary/aromatic N) is 4. The number of morpholine rings is 1. The van der Waals surface area contributed by atoms with Crippen LogP contribution in [0.4, 0.5) is 21.7 Å². The Bertz CT molecular complexity index is 1330. The number of ether oxygens (including phenoxy) is 2. The van der Waals surface area contributed by atoms with E-state index in [0.29, 0.717) is 48.8 Å². The van der Waals surface area contributed by atoms with Crippen molar-refractivity contribution in [2.24, 2.45) is 0 Å². The van der Waals surface area contributed by atoms with E-state index in [4.69, 9.17) is 14.5 Å². The van der Waals surface area contributed by atoms with Crippen molar-refractivity contribution in [1.29, 1.82) is 0 Å². The normalized spacial score (nSPS) is 20.8. The lowest BCUT2D eigenvalue weighted by Crippen LogP contribution is -2.37. The van der Waals surface area contributed by atoms with Gasteiger partial charge in [0.2, 0.25) is 15.9 Å². The molecule has 1 aliphatic heterocycles. The third-order valence-corrected chi connectivity index (χ3v) is 6.93. The molecule has 2 aliphatic rings. The summed E-state index contributed by atoms with van der Waals surface area (Å²) in [6.07, 6.45) is 7.17. The van der Waals surface area contributed by atoms with E-state index in [9.17, 15) is 12.8 Å². The predicted octanol–water partition coefficient (Wildman–Crippen LogP) is 3.17. The molecule has 2 fully saturated rings. The van der Waals surface area contributed by atoms with Crippen LogP contribution in [-0.4, -0.2) is 68.1 Å². The number of hydrogen-bond acceptors (Lipinski definition) is 9. The van der Waals surface area contributed by atoms with Crippen molar-refractivity contribution in [2.45, 2.75) is 37.8 Å². The zero-order chi connectivity index (χ0) is 25.1. The molecular weight excluding hydrogens is 487 g/mol. The van der Waals surface area contributed by atoms with Crippen LogP contribution in [0.15, 0.2) is 36.7 Å². The lowest BCUT2D eigenvalue weighted by Gasteiger charge is -2.31. The number of aromatic nitrogens is 3. The van der Waals surface area contributed by atoms with Gasteiger partial charge in [-0.05, 0) is 43.9 Å². The van der Waals surface area contributed by atoms with Gasteiger partial charge in [-0.25, -0.2) is 17.8 Å². The summed E-state index contributed by atoms with van der Waals surface area (Å²) in [6.45, 7) is 2.67. The molecule has 10 nitrogen and oxygen atoms in total. The van der Waals surface area contributed by atoms with Gasteiger partial charge in [-0.3, -0.25) is 9.71 Å². The Hall–Kier alpha value is -3.25. The molecule has 3 aromatic rings. The van der Waals surface area contributed by atoms with Gasteiger partial charge in [0, 0.05) is 31.4 Å². The summed E-state index contributed by atoms with van der Waals surface area (Å²) in [4.78, 5) is 15.5. The Balaban J connectivity index is 1.36. The summed E-state index contributed by atoms with van der Waals surface area (Å²) in [6, 6.07) is 6.65. The van der Waals surface area contributed by atoms with E-state index in [1.807, 2.05) is 6.07 Å². The second-order valence-corrected chi connectivity index (χ2v) is 10.9. The summed E-state index contributed by atoms with van der Waals surface area (Å²) in [5.74, 6) is 1.08. The first-order valence-electron chi connectivity index (χ1n) is 12.0. The number of sulfonamides is 1. The number of nitrogens with one attached hydrogen (secondary N) is 2. The fourth-order valence-electron chi connectivity index (χ4n) is 4.56. The van der Waals surface area contributed by atoms with E-state index in [-0.39, 0.29) is 23.8 Å². The average molecular weight is 517 g/mol. The molecule has 4 heterocycles. The maximum absolute atomic E-state index is 14.0. The molecule has 2 N–H and O–H groups in total. The molecule has 0 bridgehead atoms. The van der Waals surface area contributed by atoms with Gasteiger partial charge in [0.25, 0.3) is 0 Å².